The summed E-state index contributed by atoms with van der Waals surface area (Å²) in [7, 11) is 1.80. The number of likely N-dealkylation sites (tertiary alicyclic amines) is 1. The van der Waals surface area contributed by atoms with E-state index < -0.39 is 41.5 Å². The lowest BCUT2D eigenvalue weighted by Gasteiger charge is -2.45. The summed E-state index contributed by atoms with van der Waals surface area (Å²) < 4.78 is 80.4. The van der Waals surface area contributed by atoms with E-state index in [1.807, 2.05) is 17.9 Å². The lowest BCUT2D eigenvalue weighted by Crippen LogP contribution is -2.54. The molecule has 0 radical (unpaired) electrons. The van der Waals surface area contributed by atoms with E-state index in [2.05, 4.69) is 4.74 Å². The summed E-state index contributed by atoms with van der Waals surface area (Å²) in [5.74, 6) is -0.934. The largest absolute Gasteiger partial charge is 0.481 e. The third kappa shape index (κ3) is 6.10. The van der Waals surface area contributed by atoms with Crippen LogP contribution in [-0.4, -0.2) is 71.1 Å². The molecular weight excluding hydrogens is 530 g/mol. The first-order chi connectivity index (χ1) is 17.0. The Balaban J connectivity index is 1.72. The first kappa shape index (κ1) is 29.3. The van der Waals surface area contributed by atoms with Gasteiger partial charge in [0.25, 0.3) is 6.10 Å². The van der Waals surface area contributed by atoms with Crippen molar-refractivity contribution in [3.63, 3.8) is 0 Å². The quantitative estimate of drug-likeness (QED) is 0.424. The molecule has 1 saturated heterocycles. The van der Waals surface area contributed by atoms with Crippen LogP contribution in [0.4, 0.5) is 31.1 Å². The highest BCUT2D eigenvalue weighted by Crippen LogP contribution is 2.46. The smallest absolute Gasteiger partial charge is 0.434 e. The second-order valence-electron chi connectivity index (χ2n) is 10.1. The second kappa shape index (κ2) is 10.5. The highest BCUT2D eigenvalue weighted by atomic mass is 35.5. The van der Waals surface area contributed by atoms with Crippen LogP contribution in [0, 0.1) is 0 Å². The third-order valence-electron chi connectivity index (χ3n) is 7.69. The zero-order valence-corrected chi connectivity index (χ0v) is 21.1. The molecule has 1 amide bonds. The van der Waals surface area contributed by atoms with Gasteiger partial charge in [-0.25, -0.2) is 4.79 Å². The molecule has 0 spiro atoms. The molecule has 1 heterocycles. The van der Waals surface area contributed by atoms with Crippen molar-refractivity contribution in [2.24, 2.45) is 0 Å². The van der Waals surface area contributed by atoms with Gasteiger partial charge in [-0.15, -0.1) is 0 Å². The molecule has 2 aliphatic rings. The average Bonchev–Trinajstić information content (AvgIpc) is 3.27. The van der Waals surface area contributed by atoms with Crippen molar-refractivity contribution in [1.29, 1.82) is 0 Å². The Labute approximate surface area is 215 Å². The van der Waals surface area contributed by atoms with Crippen LogP contribution in [0.1, 0.15) is 56.6 Å². The van der Waals surface area contributed by atoms with Crippen LogP contribution in [-0.2, 0) is 21.5 Å². The van der Waals surface area contributed by atoms with E-state index >= 15 is 0 Å². The molecule has 1 aromatic rings. The zero-order valence-electron chi connectivity index (χ0n) is 20.4. The molecule has 6 nitrogen and oxygen atoms in total. The fraction of sp³-hybridized carbons (Fsp3) is 0.667. The summed E-state index contributed by atoms with van der Waals surface area (Å²) in [5.41, 5.74) is -0.351. The number of halogens is 7. The van der Waals surface area contributed by atoms with Crippen molar-refractivity contribution in [1.82, 2.24) is 9.80 Å². The molecule has 2 fully saturated rings. The van der Waals surface area contributed by atoms with E-state index in [0.717, 1.165) is 23.3 Å². The van der Waals surface area contributed by atoms with Gasteiger partial charge in [0, 0.05) is 30.2 Å². The maximum absolute atomic E-state index is 12.8. The number of rotatable bonds is 6. The molecule has 0 bridgehead atoms. The Morgan fingerprint density at radius 1 is 1.08 bits per heavy atom. The zero-order chi connectivity index (χ0) is 27.8. The van der Waals surface area contributed by atoms with E-state index in [1.165, 1.54) is 0 Å². The predicted octanol–water partition coefficient (Wildman–Crippen LogP) is 6.15. The molecule has 1 aliphatic heterocycles. The van der Waals surface area contributed by atoms with Gasteiger partial charge in [-0.05, 0) is 56.8 Å². The molecule has 0 aromatic heterocycles. The molecule has 37 heavy (non-hydrogen) atoms. The van der Waals surface area contributed by atoms with Crippen molar-refractivity contribution in [2.45, 2.75) is 81.4 Å². The third-order valence-corrected chi connectivity index (χ3v) is 8.00. The van der Waals surface area contributed by atoms with E-state index in [0.29, 0.717) is 30.0 Å². The minimum Gasteiger partial charge on any atom is -0.481 e. The van der Waals surface area contributed by atoms with Gasteiger partial charge in [-0.1, -0.05) is 36.6 Å². The van der Waals surface area contributed by atoms with E-state index in [9.17, 15) is 41.0 Å². The number of carbonyl (C=O) groups is 2. The van der Waals surface area contributed by atoms with Crippen LogP contribution < -0.4 is 0 Å². The number of amides is 1. The van der Waals surface area contributed by atoms with Gasteiger partial charge in [0.05, 0.1) is 5.41 Å². The standard InChI is InChI=1S/C24H29ClF6N2O4/c1-21(10-12-33(13-11-21)20(36)37-18(23(26,27)28)24(29,30)31)32(2)14-15-6-5-7-16(25)17(15)22(19(34)35)8-3-4-9-22/h5-7,18H,3-4,8-14H2,1-2H3,(H,34,35). The van der Waals surface area contributed by atoms with Crippen molar-refractivity contribution < 1.29 is 45.8 Å². The topological polar surface area (TPSA) is 70.1 Å². The van der Waals surface area contributed by atoms with Gasteiger partial charge in [-0.3, -0.25) is 9.69 Å². The fourth-order valence-electron chi connectivity index (χ4n) is 5.28. The average molecular weight is 559 g/mol. The van der Waals surface area contributed by atoms with Crippen LogP contribution in [0.5, 0.6) is 0 Å². The van der Waals surface area contributed by atoms with E-state index in [1.54, 1.807) is 19.2 Å². The van der Waals surface area contributed by atoms with E-state index in [-0.39, 0.29) is 25.9 Å². The van der Waals surface area contributed by atoms with Crippen LogP contribution in [0.3, 0.4) is 0 Å². The molecule has 3 rings (SSSR count). The number of nitrogens with zero attached hydrogens (tertiary/aromatic N) is 2. The number of hydrogen-bond acceptors (Lipinski definition) is 4. The Kier molecular flexibility index (Phi) is 8.34. The van der Waals surface area contributed by atoms with Crippen molar-refractivity contribution >= 4 is 23.7 Å². The highest BCUT2D eigenvalue weighted by Gasteiger charge is 2.60. The Morgan fingerprint density at radius 3 is 2.11 bits per heavy atom. The van der Waals surface area contributed by atoms with Gasteiger partial charge in [0.2, 0.25) is 0 Å². The Bertz CT molecular complexity index is 988. The van der Waals surface area contributed by atoms with Crippen LogP contribution in [0.2, 0.25) is 5.02 Å². The lowest BCUT2D eigenvalue weighted by molar-refractivity contribution is -0.308. The molecular formula is C24H29ClF6N2O4. The molecule has 1 aliphatic carbocycles. The summed E-state index contributed by atoms with van der Waals surface area (Å²) >= 11 is 6.51. The number of benzene rings is 1. The molecule has 13 heteroatoms. The number of aliphatic carboxylic acids is 1. The Morgan fingerprint density at radius 2 is 1.62 bits per heavy atom. The maximum atomic E-state index is 12.8. The first-order valence-electron chi connectivity index (χ1n) is 11.8. The van der Waals surface area contributed by atoms with Gasteiger partial charge in [0.15, 0.2) is 0 Å². The SMILES string of the molecule is CN(Cc1cccc(Cl)c1C1(C(=O)O)CCCC1)C1(C)CCN(C(=O)OC(C(F)(F)F)C(F)(F)F)CC1. The first-order valence-corrected chi connectivity index (χ1v) is 12.2. The highest BCUT2D eigenvalue weighted by molar-refractivity contribution is 6.31. The van der Waals surface area contributed by atoms with Crippen LogP contribution >= 0.6 is 11.6 Å². The number of alkyl halides is 6. The summed E-state index contributed by atoms with van der Waals surface area (Å²) in [6.45, 7) is 1.97. The molecule has 0 atom stereocenters. The van der Waals surface area contributed by atoms with Crippen molar-refractivity contribution in [3.8, 4) is 0 Å². The lowest BCUT2D eigenvalue weighted by atomic mass is 9.76. The molecule has 0 unspecified atom stereocenters. The minimum atomic E-state index is -5.78. The molecule has 208 valence electrons. The number of carbonyl (C=O) groups excluding carboxylic acids is 1. The molecule has 1 saturated carbocycles. The molecule has 1 N–H and O–H groups in total. The maximum Gasteiger partial charge on any atom is 0.434 e. The van der Waals surface area contributed by atoms with Crippen LogP contribution in [0.15, 0.2) is 18.2 Å². The van der Waals surface area contributed by atoms with Crippen molar-refractivity contribution in [2.75, 3.05) is 20.1 Å². The normalized spacial score (nSPS) is 19.9. The second-order valence-corrected chi connectivity index (χ2v) is 10.5. The van der Waals surface area contributed by atoms with Gasteiger partial charge >= 0.3 is 24.4 Å². The van der Waals surface area contributed by atoms with Gasteiger partial charge < -0.3 is 14.7 Å². The van der Waals surface area contributed by atoms with Crippen LogP contribution in [0.25, 0.3) is 0 Å². The van der Waals surface area contributed by atoms with Gasteiger partial charge in [0.1, 0.15) is 0 Å². The number of piperidine rings is 1. The number of hydrogen-bond donors (Lipinski definition) is 1. The number of carboxylic acid groups (broad SMARTS) is 1. The number of carboxylic acids is 1. The monoisotopic (exact) mass is 558 g/mol. The molecule has 1 aromatic carbocycles. The summed E-state index contributed by atoms with van der Waals surface area (Å²) in [6, 6.07) is 5.20. The van der Waals surface area contributed by atoms with Crippen molar-refractivity contribution in [3.05, 3.63) is 34.3 Å². The number of ether oxygens (including phenoxy) is 1. The minimum absolute atomic E-state index is 0.108. The van der Waals surface area contributed by atoms with E-state index in [4.69, 9.17) is 11.6 Å². The van der Waals surface area contributed by atoms with Gasteiger partial charge in [-0.2, -0.15) is 26.3 Å². The summed E-state index contributed by atoms with van der Waals surface area (Å²) in [6.07, 6.45) is -14.5. The Hall–Kier alpha value is -2.21. The summed E-state index contributed by atoms with van der Waals surface area (Å²) in [5, 5.41) is 10.4. The summed E-state index contributed by atoms with van der Waals surface area (Å²) in [4.78, 5) is 27.2. The predicted molar refractivity (Wildman–Crippen MR) is 122 cm³/mol. The fourth-order valence-corrected chi connectivity index (χ4v) is 5.65.